The molecule has 0 aromatic heterocycles. The number of aryl methyl sites for hydroxylation is 2. The summed E-state index contributed by atoms with van der Waals surface area (Å²) in [7, 11) is -1.50. The van der Waals surface area contributed by atoms with Gasteiger partial charge in [0, 0.05) is 24.4 Å². The van der Waals surface area contributed by atoms with E-state index in [0.29, 0.717) is 29.7 Å². The van der Waals surface area contributed by atoms with E-state index in [-0.39, 0.29) is 12.2 Å². The molecule has 0 saturated carbocycles. The van der Waals surface area contributed by atoms with Crippen molar-refractivity contribution in [3.05, 3.63) is 99.1 Å². The van der Waals surface area contributed by atoms with Gasteiger partial charge in [0.2, 0.25) is 0 Å². The van der Waals surface area contributed by atoms with Crippen LogP contribution in [-0.2, 0) is 28.6 Å². The van der Waals surface area contributed by atoms with E-state index in [0.717, 1.165) is 16.7 Å². The van der Waals surface area contributed by atoms with Gasteiger partial charge in [-0.1, -0.05) is 54.1 Å². The number of nitro benzene ring substituents is 1. The number of amides is 1. The van der Waals surface area contributed by atoms with Gasteiger partial charge in [-0.25, -0.2) is 14.0 Å². The molecule has 0 saturated heterocycles. The molecule has 0 spiro atoms. The van der Waals surface area contributed by atoms with Crippen LogP contribution in [0.25, 0.3) is 11.1 Å². The number of fused-ring (bicyclic) bond motifs is 1. The van der Waals surface area contributed by atoms with E-state index in [2.05, 4.69) is 24.3 Å². The molecule has 2 atom stereocenters. The van der Waals surface area contributed by atoms with Gasteiger partial charge in [0.15, 0.2) is 0 Å². The van der Waals surface area contributed by atoms with E-state index in [1.165, 1.54) is 23.8 Å². The Kier molecular flexibility index (Phi) is 7.16. The first-order valence-electron chi connectivity index (χ1n) is 10.9. The number of nitrogens with zero attached hydrogens (tertiary/aromatic N) is 2. The fraction of sp³-hybridized carbons (Fsp3) is 0.240. The minimum absolute atomic E-state index is 0.0643. The monoisotopic (exact) mass is 479 g/mol. The minimum Gasteiger partial charge on any atom is -0.289 e. The van der Waals surface area contributed by atoms with Crippen molar-refractivity contribution in [2.24, 2.45) is 0 Å². The van der Waals surface area contributed by atoms with E-state index in [4.69, 9.17) is 0 Å². The molecule has 0 fully saturated rings. The molecule has 1 heterocycles. The highest BCUT2D eigenvalue weighted by molar-refractivity contribution is 7.82. The van der Waals surface area contributed by atoms with Gasteiger partial charge >= 0.3 is 0 Å². The molecule has 4 rings (SSSR count). The van der Waals surface area contributed by atoms with Crippen molar-refractivity contribution in [3.63, 3.8) is 0 Å². The van der Waals surface area contributed by atoms with Crippen LogP contribution in [0.2, 0.25) is 0 Å². The number of nitrogens with one attached hydrogen (secondary N) is 1. The molecule has 34 heavy (non-hydrogen) atoms. The predicted octanol–water partition coefficient (Wildman–Crippen LogP) is 3.88. The summed E-state index contributed by atoms with van der Waals surface area (Å²) < 4.78 is 14.7. The summed E-state index contributed by atoms with van der Waals surface area (Å²) in [6.45, 7) is 2.33. The van der Waals surface area contributed by atoms with Crippen LogP contribution in [0.15, 0.2) is 66.7 Å². The van der Waals surface area contributed by atoms with Crippen molar-refractivity contribution >= 4 is 22.6 Å². The highest BCUT2D eigenvalue weighted by atomic mass is 32.2. The van der Waals surface area contributed by atoms with E-state index in [9.17, 15) is 24.3 Å². The maximum atomic E-state index is 13.2. The van der Waals surface area contributed by atoms with E-state index < -0.39 is 27.9 Å². The predicted molar refractivity (Wildman–Crippen MR) is 130 cm³/mol. The van der Waals surface area contributed by atoms with Gasteiger partial charge in [0.05, 0.1) is 15.9 Å². The van der Waals surface area contributed by atoms with Crippen LogP contribution in [0.5, 0.6) is 0 Å². The Balaban J connectivity index is 1.47. The average molecular weight is 480 g/mol. The smallest absolute Gasteiger partial charge is 0.269 e. The van der Waals surface area contributed by atoms with Gasteiger partial charge in [0.25, 0.3) is 11.6 Å². The summed E-state index contributed by atoms with van der Waals surface area (Å²) in [5.41, 5.74) is 7.20. The van der Waals surface area contributed by atoms with Crippen LogP contribution >= 0.6 is 0 Å². The summed E-state index contributed by atoms with van der Waals surface area (Å²) in [6.07, 6.45) is 0.973. The Labute approximate surface area is 199 Å². The molecular weight excluding hydrogens is 454 g/mol. The number of carbonyl (C=O) groups is 1. The number of carbonyl (C=O) groups excluding carboxylic acids is 1. The highest BCUT2D eigenvalue weighted by Crippen LogP contribution is 2.33. The Bertz CT molecular complexity index is 1230. The molecule has 0 bridgehead atoms. The lowest BCUT2D eigenvalue weighted by atomic mass is 9.93. The number of nitro groups is 1. The molecule has 1 aliphatic rings. The van der Waals surface area contributed by atoms with Crippen LogP contribution in [0, 0.1) is 17.0 Å². The van der Waals surface area contributed by atoms with Gasteiger partial charge in [0.1, 0.15) is 6.04 Å². The van der Waals surface area contributed by atoms with Crippen molar-refractivity contribution in [1.29, 1.82) is 0 Å². The van der Waals surface area contributed by atoms with Crippen LogP contribution < -0.4 is 5.48 Å². The zero-order chi connectivity index (χ0) is 24.2. The van der Waals surface area contributed by atoms with Crippen molar-refractivity contribution in [2.75, 3.05) is 12.3 Å². The molecule has 2 unspecified atom stereocenters. The molecule has 0 aliphatic carbocycles. The second-order valence-corrected chi connectivity index (χ2v) is 9.77. The molecule has 2 N–H and O–H groups in total. The Morgan fingerprint density at radius 2 is 1.76 bits per heavy atom. The molecule has 3 aromatic rings. The van der Waals surface area contributed by atoms with Crippen molar-refractivity contribution in [2.45, 2.75) is 25.8 Å². The fourth-order valence-electron chi connectivity index (χ4n) is 4.19. The normalized spacial score (nSPS) is 16.5. The first-order chi connectivity index (χ1) is 16.4. The maximum Gasteiger partial charge on any atom is 0.269 e. The quantitative estimate of drug-likeness (QED) is 0.303. The molecular formula is C25H25N3O5S. The summed E-state index contributed by atoms with van der Waals surface area (Å²) in [6, 6.07) is 19.7. The molecule has 8 nitrogen and oxygen atoms in total. The first-order valence-corrected chi connectivity index (χ1v) is 12.2. The zero-order valence-electron chi connectivity index (χ0n) is 18.6. The SMILES string of the molecule is Cc1ccc(-c2ccc(CCS(=O)N3CCc4cc([N+](=O)[O-])ccc4C3C(=O)NO)cc2)cc1. The zero-order valence-corrected chi connectivity index (χ0v) is 19.5. The van der Waals surface area contributed by atoms with E-state index in [1.54, 1.807) is 9.79 Å². The Morgan fingerprint density at radius 3 is 2.38 bits per heavy atom. The van der Waals surface area contributed by atoms with Crippen molar-refractivity contribution in [3.8, 4) is 11.1 Å². The van der Waals surface area contributed by atoms with Gasteiger partial charge in [-0.15, -0.1) is 0 Å². The van der Waals surface area contributed by atoms with Gasteiger partial charge < -0.3 is 0 Å². The Hall–Kier alpha value is -3.40. The summed E-state index contributed by atoms with van der Waals surface area (Å²) in [4.78, 5) is 23.1. The molecule has 0 radical (unpaired) electrons. The molecule has 3 aromatic carbocycles. The second-order valence-electron chi connectivity index (χ2n) is 8.25. The van der Waals surface area contributed by atoms with Crippen molar-refractivity contribution in [1.82, 2.24) is 9.79 Å². The highest BCUT2D eigenvalue weighted by Gasteiger charge is 2.36. The number of hydrogen-bond acceptors (Lipinski definition) is 5. The molecule has 9 heteroatoms. The molecule has 176 valence electrons. The van der Waals surface area contributed by atoms with Crippen LogP contribution in [0.3, 0.4) is 0 Å². The van der Waals surface area contributed by atoms with Crippen LogP contribution in [-0.4, -0.2) is 36.8 Å². The minimum atomic E-state index is -1.50. The number of hydrogen-bond donors (Lipinski definition) is 2. The van der Waals surface area contributed by atoms with E-state index >= 15 is 0 Å². The topological polar surface area (TPSA) is 113 Å². The van der Waals surface area contributed by atoms with Gasteiger partial charge in [-0.2, -0.15) is 0 Å². The third kappa shape index (κ3) is 5.06. The standard InChI is InChI=1S/C25H25N3O5S/c1-17-2-6-19(7-3-17)20-8-4-18(5-9-20)13-15-34(33)27-14-12-21-16-22(28(31)32)10-11-23(21)24(27)25(29)26-30/h2-11,16,24,30H,12-15H2,1H3,(H,26,29). The van der Waals surface area contributed by atoms with E-state index in [1.807, 2.05) is 31.2 Å². The summed E-state index contributed by atoms with van der Waals surface area (Å²) >= 11 is 0. The van der Waals surface area contributed by atoms with Crippen LogP contribution in [0.1, 0.15) is 28.3 Å². The second kappa shape index (κ2) is 10.3. The third-order valence-electron chi connectivity index (χ3n) is 6.05. The van der Waals surface area contributed by atoms with Gasteiger partial charge in [-0.05, 0) is 53.6 Å². The maximum absolute atomic E-state index is 13.2. The fourth-order valence-corrected chi connectivity index (χ4v) is 5.57. The Morgan fingerprint density at radius 1 is 1.12 bits per heavy atom. The lowest BCUT2D eigenvalue weighted by molar-refractivity contribution is -0.384. The van der Waals surface area contributed by atoms with Gasteiger partial charge in [-0.3, -0.25) is 20.1 Å². The lowest BCUT2D eigenvalue weighted by Crippen LogP contribution is -2.45. The third-order valence-corrected chi connectivity index (χ3v) is 7.52. The molecule has 1 aliphatic heterocycles. The number of benzene rings is 3. The summed E-state index contributed by atoms with van der Waals surface area (Å²) in [5, 5.41) is 20.4. The average Bonchev–Trinajstić information content (AvgIpc) is 2.86. The van der Waals surface area contributed by atoms with Crippen LogP contribution in [0.4, 0.5) is 5.69 Å². The number of rotatable bonds is 7. The lowest BCUT2D eigenvalue weighted by Gasteiger charge is -2.34. The van der Waals surface area contributed by atoms with Crippen molar-refractivity contribution < 1.29 is 19.1 Å². The number of non-ortho nitro benzene ring substituents is 1. The largest absolute Gasteiger partial charge is 0.289 e. The first kappa shape index (κ1) is 23.7. The number of hydroxylamine groups is 1. The molecule has 1 amide bonds. The summed E-state index contributed by atoms with van der Waals surface area (Å²) in [5.74, 6) is -0.410.